The maximum absolute atomic E-state index is 13.1. The van der Waals surface area contributed by atoms with Gasteiger partial charge in [-0.05, 0) is 30.7 Å². The van der Waals surface area contributed by atoms with E-state index in [1.165, 1.54) is 4.90 Å². The molecule has 0 fully saturated rings. The largest absolute Gasteiger partial charge is 0.496 e. The Balaban J connectivity index is 2.05. The van der Waals surface area contributed by atoms with Crippen molar-refractivity contribution >= 4 is 39.0 Å². The van der Waals surface area contributed by atoms with Crippen LogP contribution in [-0.2, 0) is 14.3 Å². The Bertz CT molecular complexity index is 926. The number of nitrogens with one attached hydrogen (secondary N) is 1. The molecule has 1 aliphatic rings. The second-order valence-electron chi connectivity index (χ2n) is 6.19. The number of carbonyl (C=O) groups is 2. The van der Waals surface area contributed by atoms with Crippen molar-refractivity contribution in [1.82, 2.24) is 4.90 Å². The van der Waals surface area contributed by atoms with Crippen LogP contribution in [0.4, 0.5) is 5.69 Å². The number of ether oxygens (including phenoxy) is 2. The van der Waals surface area contributed by atoms with E-state index in [1.54, 1.807) is 26.4 Å². The summed E-state index contributed by atoms with van der Waals surface area (Å²) in [6, 6.07) is 14.6. The lowest BCUT2D eigenvalue weighted by Gasteiger charge is -2.15. The number of imide groups is 1. The van der Waals surface area contributed by atoms with Gasteiger partial charge in [0, 0.05) is 36.0 Å². The zero-order valence-corrected chi connectivity index (χ0v) is 17.3. The van der Waals surface area contributed by atoms with Gasteiger partial charge < -0.3 is 14.8 Å². The number of anilines is 1. The number of rotatable bonds is 8. The minimum Gasteiger partial charge on any atom is -0.496 e. The molecule has 2 amide bonds. The molecule has 0 saturated carbocycles. The first-order chi connectivity index (χ1) is 13.6. The standard InChI is InChI=1S/C21H21BrN2O4/c1-27-12-6-11-24-20(25)18(16-9-3-4-10-17(16)28-2)19(21(24)26)23-15-8-5-7-14(22)13-15/h3-5,7-10,13,23H,6,11-12H2,1-2H3. The Morgan fingerprint density at radius 1 is 1.04 bits per heavy atom. The van der Waals surface area contributed by atoms with Gasteiger partial charge in [-0.2, -0.15) is 0 Å². The highest BCUT2D eigenvalue weighted by Crippen LogP contribution is 2.35. The fraction of sp³-hybridized carbons (Fsp3) is 0.238. The molecule has 2 aromatic carbocycles. The molecular formula is C21H21BrN2O4. The second kappa shape index (κ2) is 9.03. The van der Waals surface area contributed by atoms with E-state index in [0.717, 1.165) is 4.47 Å². The van der Waals surface area contributed by atoms with Crippen molar-refractivity contribution in [2.75, 3.05) is 32.7 Å². The third-order valence-corrected chi connectivity index (χ3v) is 4.86. The highest BCUT2D eigenvalue weighted by atomic mass is 79.9. The number of carbonyl (C=O) groups excluding carboxylic acids is 2. The van der Waals surface area contributed by atoms with E-state index in [4.69, 9.17) is 9.47 Å². The van der Waals surface area contributed by atoms with Gasteiger partial charge in [0.25, 0.3) is 11.8 Å². The van der Waals surface area contributed by atoms with Crippen LogP contribution in [0.2, 0.25) is 0 Å². The second-order valence-corrected chi connectivity index (χ2v) is 7.11. The molecule has 0 atom stereocenters. The zero-order valence-electron chi connectivity index (χ0n) is 15.7. The summed E-state index contributed by atoms with van der Waals surface area (Å²) in [6.07, 6.45) is 0.567. The molecule has 0 saturated heterocycles. The van der Waals surface area contributed by atoms with Crippen LogP contribution >= 0.6 is 15.9 Å². The number of halogens is 1. The van der Waals surface area contributed by atoms with Crippen molar-refractivity contribution in [3.05, 3.63) is 64.3 Å². The lowest BCUT2D eigenvalue weighted by molar-refractivity contribution is -0.137. The van der Waals surface area contributed by atoms with E-state index in [1.807, 2.05) is 36.4 Å². The van der Waals surface area contributed by atoms with Crippen LogP contribution in [0, 0.1) is 0 Å². The number of hydrogen-bond acceptors (Lipinski definition) is 5. The number of methoxy groups -OCH3 is 2. The molecule has 0 bridgehead atoms. The summed E-state index contributed by atoms with van der Waals surface area (Å²) in [5.74, 6) is -0.170. The quantitative estimate of drug-likeness (QED) is 0.496. The average molecular weight is 445 g/mol. The van der Waals surface area contributed by atoms with E-state index in [0.29, 0.717) is 35.6 Å². The zero-order chi connectivity index (χ0) is 20.1. The van der Waals surface area contributed by atoms with Crippen molar-refractivity contribution in [2.24, 2.45) is 0 Å². The van der Waals surface area contributed by atoms with Gasteiger partial charge >= 0.3 is 0 Å². The predicted molar refractivity (Wildman–Crippen MR) is 111 cm³/mol. The Morgan fingerprint density at radius 2 is 1.82 bits per heavy atom. The molecule has 7 heteroatoms. The summed E-state index contributed by atoms with van der Waals surface area (Å²) in [5.41, 5.74) is 1.83. The van der Waals surface area contributed by atoms with Crippen molar-refractivity contribution in [3.8, 4) is 5.75 Å². The van der Waals surface area contributed by atoms with E-state index in [9.17, 15) is 9.59 Å². The molecular weight excluding hydrogens is 424 g/mol. The van der Waals surface area contributed by atoms with E-state index < -0.39 is 0 Å². The van der Waals surface area contributed by atoms with Crippen molar-refractivity contribution in [1.29, 1.82) is 0 Å². The van der Waals surface area contributed by atoms with Crippen LogP contribution in [0.3, 0.4) is 0 Å². The highest BCUT2D eigenvalue weighted by Gasteiger charge is 2.39. The lowest BCUT2D eigenvalue weighted by Crippen LogP contribution is -2.33. The fourth-order valence-electron chi connectivity index (χ4n) is 3.07. The first-order valence-electron chi connectivity index (χ1n) is 8.82. The Kier molecular flexibility index (Phi) is 6.49. The third kappa shape index (κ3) is 4.10. The van der Waals surface area contributed by atoms with Gasteiger partial charge in [0.2, 0.25) is 0 Å². The van der Waals surface area contributed by atoms with Gasteiger partial charge in [-0.25, -0.2) is 0 Å². The molecule has 0 aromatic heterocycles. The first kappa shape index (κ1) is 20.1. The van der Waals surface area contributed by atoms with Crippen LogP contribution in [-0.4, -0.2) is 44.1 Å². The van der Waals surface area contributed by atoms with Gasteiger partial charge in [-0.3, -0.25) is 14.5 Å². The van der Waals surface area contributed by atoms with Gasteiger partial charge in [0.1, 0.15) is 11.4 Å². The van der Waals surface area contributed by atoms with Crippen molar-refractivity contribution < 1.29 is 19.1 Å². The molecule has 0 radical (unpaired) electrons. The van der Waals surface area contributed by atoms with Crippen LogP contribution in [0.1, 0.15) is 12.0 Å². The number of benzene rings is 2. The summed E-state index contributed by atoms with van der Waals surface area (Å²) in [7, 11) is 3.13. The summed E-state index contributed by atoms with van der Waals surface area (Å²) >= 11 is 3.42. The van der Waals surface area contributed by atoms with Crippen LogP contribution in [0.5, 0.6) is 5.75 Å². The Morgan fingerprint density at radius 3 is 2.54 bits per heavy atom. The molecule has 3 rings (SSSR count). The average Bonchev–Trinajstić information content (AvgIpc) is 2.92. The molecule has 0 aliphatic carbocycles. The molecule has 0 unspecified atom stereocenters. The third-order valence-electron chi connectivity index (χ3n) is 4.37. The Labute approximate surface area is 172 Å². The number of hydrogen-bond donors (Lipinski definition) is 1. The smallest absolute Gasteiger partial charge is 0.278 e. The maximum Gasteiger partial charge on any atom is 0.278 e. The van der Waals surface area contributed by atoms with Crippen LogP contribution in [0.15, 0.2) is 58.7 Å². The molecule has 0 spiro atoms. The predicted octanol–water partition coefficient (Wildman–Crippen LogP) is 3.69. The highest BCUT2D eigenvalue weighted by molar-refractivity contribution is 9.10. The van der Waals surface area contributed by atoms with E-state index in [2.05, 4.69) is 21.2 Å². The summed E-state index contributed by atoms with van der Waals surface area (Å²) in [5, 5.41) is 3.13. The van der Waals surface area contributed by atoms with Gasteiger partial charge in [0.15, 0.2) is 0 Å². The Hall–Kier alpha value is -2.64. The molecule has 2 aromatic rings. The van der Waals surface area contributed by atoms with E-state index >= 15 is 0 Å². The summed E-state index contributed by atoms with van der Waals surface area (Å²) in [4.78, 5) is 27.5. The van der Waals surface area contributed by atoms with Crippen molar-refractivity contribution in [2.45, 2.75) is 6.42 Å². The molecule has 1 heterocycles. The summed E-state index contributed by atoms with van der Waals surface area (Å²) in [6.45, 7) is 0.753. The van der Waals surface area contributed by atoms with Crippen LogP contribution < -0.4 is 10.1 Å². The normalized spacial score (nSPS) is 14.0. The van der Waals surface area contributed by atoms with Gasteiger partial charge in [-0.1, -0.05) is 40.2 Å². The fourth-order valence-corrected chi connectivity index (χ4v) is 3.47. The maximum atomic E-state index is 13.1. The van der Waals surface area contributed by atoms with Gasteiger partial charge in [0.05, 0.1) is 12.7 Å². The molecule has 1 N–H and O–H groups in total. The lowest BCUT2D eigenvalue weighted by atomic mass is 10.0. The minimum atomic E-state index is -0.359. The number of amides is 2. The monoisotopic (exact) mass is 444 g/mol. The first-order valence-corrected chi connectivity index (χ1v) is 9.61. The summed E-state index contributed by atoms with van der Waals surface area (Å²) < 4.78 is 11.3. The number of para-hydroxylation sites is 1. The molecule has 28 heavy (non-hydrogen) atoms. The van der Waals surface area contributed by atoms with Crippen LogP contribution in [0.25, 0.3) is 5.57 Å². The topological polar surface area (TPSA) is 67.9 Å². The van der Waals surface area contributed by atoms with Gasteiger partial charge in [-0.15, -0.1) is 0 Å². The SMILES string of the molecule is COCCCN1C(=O)C(Nc2cccc(Br)c2)=C(c2ccccc2OC)C1=O. The minimum absolute atomic E-state index is 0.241. The molecule has 1 aliphatic heterocycles. The van der Waals surface area contributed by atoms with Crippen molar-refractivity contribution in [3.63, 3.8) is 0 Å². The molecule has 146 valence electrons. The number of nitrogens with zero attached hydrogens (tertiary/aromatic N) is 1. The van der Waals surface area contributed by atoms with E-state index in [-0.39, 0.29) is 24.1 Å². The molecule has 6 nitrogen and oxygen atoms in total.